The average molecular weight is 364 g/mol. The molecule has 0 saturated carbocycles. The zero-order valence-corrected chi connectivity index (χ0v) is 13.2. The first-order valence-corrected chi connectivity index (χ1v) is 7.22. The number of nitrogens with one attached hydrogen (secondary N) is 1. The van der Waals surface area contributed by atoms with Gasteiger partial charge >= 0.3 is 6.18 Å². The van der Waals surface area contributed by atoms with Crippen LogP contribution < -0.4 is 4.74 Å². The van der Waals surface area contributed by atoms with Crippen LogP contribution in [-0.2, 0) is 6.18 Å². The Morgan fingerprint density at radius 1 is 1.15 bits per heavy atom. The lowest BCUT2D eigenvalue weighted by Gasteiger charge is -2.06. The SMILES string of the molecule is COc1ccc([N+](=O)[O-])cc1-c1nc(-c2ccc(C(F)(F)F)cc2)n[nH]1. The van der Waals surface area contributed by atoms with E-state index in [0.717, 1.165) is 12.1 Å². The number of benzene rings is 2. The summed E-state index contributed by atoms with van der Waals surface area (Å²) in [6.07, 6.45) is -4.43. The van der Waals surface area contributed by atoms with Crippen LogP contribution in [0.4, 0.5) is 18.9 Å². The molecule has 26 heavy (non-hydrogen) atoms. The first-order chi connectivity index (χ1) is 12.3. The lowest BCUT2D eigenvalue weighted by molar-refractivity contribution is -0.384. The highest BCUT2D eigenvalue weighted by Crippen LogP contribution is 2.33. The van der Waals surface area contributed by atoms with Gasteiger partial charge in [-0.15, -0.1) is 0 Å². The lowest BCUT2D eigenvalue weighted by atomic mass is 10.1. The van der Waals surface area contributed by atoms with Crippen molar-refractivity contribution in [3.63, 3.8) is 0 Å². The zero-order valence-electron chi connectivity index (χ0n) is 13.2. The Morgan fingerprint density at radius 3 is 2.42 bits per heavy atom. The number of alkyl halides is 3. The first-order valence-electron chi connectivity index (χ1n) is 7.22. The number of rotatable bonds is 4. The zero-order chi connectivity index (χ0) is 18.9. The van der Waals surface area contributed by atoms with Crippen molar-refractivity contribution in [1.82, 2.24) is 15.2 Å². The van der Waals surface area contributed by atoms with Gasteiger partial charge in [-0.1, -0.05) is 12.1 Å². The lowest BCUT2D eigenvalue weighted by Crippen LogP contribution is -2.04. The number of H-pyrrole nitrogens is 1. The molecule has 0 fully saturated rings. The van der Waals surface area contributed by atoms with Crippen molar-refractivity contribution in [2.45, 2.75) is 6.18 Å². The van der Waals surface area contributed by atoms with E-state index in [1.54, 1.807) is 0 Å². The Hall–Kier alpha value is -3.43. The Balaban J connectivity index is 1.98. The van der Waals surface area contributed by atoms with E-state index < -0.39 is 16.7 Å². The number of hydrogen-bond acceptors (Lipinski definition) is 5. The van der Waals surface area contributed by atoms with Crippen LogP contribution in [0, 0.1) is 10.1 Å². The molecule has 0 atom stereocenters. The van der Waals surface area contributed by atoms with Crippen LogP contribution in [0.1, 0.15) is 5.56 Å². The fourth-order valence-corrected chi connectivity index (χ4v) is 2.31. The van der Waals surface area contributed by atoms with Crippen LogP contribution in [0.25, 0.3) is 22.8 Å². The standard InChI is InChI=1S/C16H11F3N4O3/c1-26-13-7-6-11(23(24)25)8-12(13)15-20-14(21-22-15)9-2-4-10(5-3-9)16(17,18)19/h2-8H,1H3,(H,20,21,22). The molecular formula is C16H11F3N4O3. The smallest absolute Gasteiger partial charge is 0.416 e. The Labute approximate surface area is 144 Å². The molecular weight excluding hydrogens is 353 g/mol. The number of hydrogen-bond donors (Lipinski definition) is 1. The number of nitrogens with zero attached hydrogens (tertiary/aromatic N) is 3. The Bertz CT molecular complexity index is 952. The van der Waals surface area contributed by atoms with Gasteiger partial charge in [-0.05, 0) is 18.2 Å². The van der Waals surface area contributed by atoms with Crippen LogP contribution in [0.5, 0.6) is 5.75 Å². The highest BCUT2D eigenvalue weighted by molar-refractivity contribution is 5.69. The summed E-state index contributed by atoms with van der Waals surface area (Å²) in [5, 5.41) is 17.5. The second kappa shape index (κ2) is 6.47. The number of nitro benzene ring substituents is 1. The molecule has 7 nitrogen and oxygen atoms in total. The largest absolute Gasteiger partial charge is 0.496 e. The first kappa shape index (κ1) is 17.4. The normalized spacial score (nSPS) is 11.4. The molecule has 2 aromatic carbocycles. The topological polar surface area (TPSA) is 93.9 Å². The van der Waals surface area contributed by atoms with E-state index in [9.17, 15) is 23.3 Å². The minimum atomic E-state index is -4.43. The van der Waals surface area contributed by atoms with Gasteiger partial charge in [0.25, 0.3) is 5.69 Å². The van der Waals surface area contributed by atoms with Gasteiger partial charge < -0.3 is 4.74 Å². The maximum atomic E-state index is 12.6. The van der Waals surface area contributed by atoms with Crippen molar-refractivity contribution >= 4 is 5.69 Å². The van der Waals surface area contributed by atoms with Gasteiger partial charge in [-0.3, -0.25) is 15.2 Å². The summed E-state index contributed by atoms with van der Waals surface area (Å²) < 4.78 is 43.1. The number of nitro groups is 1. The molecule has 0 spiro atoms. The summed E-state index contributed by atoms with van der Waals surface area (Å²) in [5.74, 6) is 0.688. The molecule has 0 aliphatic rings. The van der Waals surface area contributed by atoms with Crippen molar-refractivity contribution in [2.24, 2.45) is 0 Å². The minimum absolute atomic E-state index is 0.155. The van der Waals surface area contributed by atoms with Crippen LogP contribution in [0.15, 0.2) is 42.5 Å². The van der Waals surface area contributed by atoms with Crippen LogP contribution >= 0.6 is 0 Å². The number of aromatic amines is 1. The number of non-ortho nitro benzene ring substituents is 1. The fraction of sp³-hybridized carbons (Fsp3) is 0.125. The summed E-state index contributed by atoms with van der Waals surface area (Å²) in [7, 11) is 1.40. The highest BCUT2D eigenvalue weighted by Gasteiger charge is 2.30. The van der Waals surface area contributed by atoms with Gasteiger partial charge in [0.15, 0.2) is 11.6 Å². The molecule has 0 saturated heterocycles. The molecule has 1 heterocycles. The number of ether oxygens (including phenoxy) is 1. The third kappa shape index (κ3) is 3.34. The van der Waals surface area contributed by atoms with Crippen molar-refractivity contribution < 1.29 is 22.8 Å². The molecule has 1 aromatic heterocycles. The Kier molecular flexibility index (Phi) is 4.33. The number of methoxy groups -OCH3 is 1. The summed E-state index contributed by atoms with van der Waals surface area (Å²) in [4.78, 5) is 14.6. The van der Waals surface area contributed by atoms with E-state index in [1.165, 1.54) is 37.4 Å². The van der Waals surface area contributed by atoms with E-state index >= 15 is 0 Å². The predicted octanol–water partition coefficient (Wildman–Crippen LogP) is 4.07. The molecule has 3 aromatic rings. The summed E-state index contributed by atoms with van der Waals surface area (Å²) in [6, 6.07) is 8.35. The van der Waals surface area contributed by atoms with Crippen LogP contribution in [0.2, 0.25) is 0 Å². The molecule has 0 bridgehead atoms. The average Bonchev–Trinajstić information content (AvgIpc) is 3.10. The summed E-state index contributed by atoms with van der Waals surface area (Å²) >= 11 is 0. The number of aromatic nitrogens is 3. The van der Waals surface area contributed by atoms with Gasteiger partial charge in [-0.2, -0.15) is 18.3 Å². The molecule has 0 aliphatic carbocycles. The van der Waals surface area contributed by atoms with Gasteiger partial charge in [-0.25, -0.2) is 4.98 Å². The summed E-state index contributed by atoms with van der Waals surface area (Å²) in [5.41, 5.74) is -0.261. The van der Waals surface area contributed by atoms with Gasteiger partial charge in [0.2, 0.25) is 0 Å². The van der Waals surface area contributed by atoms with E-state index in [-0.39, 0.29) is 17.3 Å². The molecule has 0 unspecified atom stereocenters. The Morgan fingerprint density at radius 2 is 1.85 bits per heavy atom. The molecule has 0 radical (unpaired) electrons. The highest BCUT2D eigenvalue weighted by atomic mass is 19.4. The third-order valence-electron chi connectivity index (χ3n) is 3.60. The third-order valence-corrected chi connectivity index (χ3v) is 3.60. The van der Waals surface area contributed by atoms with Gasteiger partial charge in [0, 0.05) is 17.7 Å². The molecule has 0 aliphatic heterocycles. The second-order valence-corrected chi connectivity index (χ2v) is 5.22. The molecule has 1 N–H and O–H groups in total. The van der Waals surface area contributed by atoms with E-state index in [1.807, 2.05) is 0 Å². The minimum Gasteiger partial charge on any atom is -0.496 e. The molecule has 10 heteroatoms. The van der Waals surface area contributed by atoms with E-state index in [2.05, 4.69) is 15.2 Å². The number of halogens is 3. The molecule has 134 valence electrons. The molecule has 3 rings (SSSR count). The maximum Gasteiger partial charge on any atom is 0.416 e. The van der Waals surface area contributed by atoms with Crippen molar-refractivity contribution in [3.8, 4) is 28.5 Å². The van der Waals surface area contributed by atoms with Crippen molar-refractivity contribution in [2.75, 3.05) is 7.11 Å². The van der Waals surface area contributed by atoms with Crippen molar-refractivity contribution in [1.29, 1.82) is 0 Å². The van der Waals surface area contributed by atoms with Crippen molar-refractivity contribution in [3.05, 3.63) is 58.1 Å². The van der Waals surface area contributed by atoms with Crippen LogP contribution in [0.3, 0.4) is 0 Å². The van der Waals surface area contributed by atoms with E-state index in [4.69, 9.17) is 4.74 Å². The van der Waals surface area contributed by atoms with Gasteiger partial charge in [0.1, 0.15) is 5.75 Å². The van der Waals surface area contributed by atoms with E-state index in [0.29, 0.717) is 16.9 Å². The van der Waals surface area contributed by atoms with Gasteiger partial charge in [0.05, 0.1) is 23.2 Å². The van der Waals surface area contributed by atoms with Crippen LogP contribution in [-0.4, -0.2) is 27.2 Å². The maximum absolute atomic E-state index is 12.6. The predicted molar refractivity (Wildman–Crippen MR) is 85.5 cm³/mol. The fourth-order valence-electron chi connectivity index (χ4n) is 2.31. The quantitative estimate of drug-likeness (QED) is 0.556. The molecule has 0 amide bonds. The monoisotopic (exact) mass is 364 g/mol. The summed E-state index contributed by atoms with van der Waals surface area (Å²) in [6.45, 7) is 0. The second-order valence-electron chi connectivity index (χ2n) is 5.22.